The van der Waals surface area contributed by atoms with Crippen molar-refractivity contribution >= 4 is 5.90 Å². The highest BCUT2D eigenvalue weighted by atomic mass is 16.5. The molecule has 20 heavy (non-hydrogen) atoms. The summed E-state index contributed by atoms with van der Waals surface area (Å²) in [6.07, 6.45) is 2.02. The van der Waals surface area contributed by atoms with Gasteiger partial charge in [0, 0.05) is 12.1 Å². The first-order valence-corrected chi connectivity index (χ1v) is 7.13. The average Bonchev–Trinajstić information content (AvgIpc) is 3.05. The van der Waals surface area contributed by atoms with E-state index >= 15 is 0 Å². The molecule has 2 aromatic rings. The lowest BCUT2D eigenvalue weighted by Gasteiger charge is -2.08. The summed E-state index contributed by atoms with van der Waals surface area (Å²) in [7, 11) is 0. The van der Waals surface area contributed by atoms with Crippen molar-refractivity contribution in [2.24, 2.45) is 4.99 Å². The van der Waals surface area contributed by atoms with Gasteiger partial charge in [-0.15, -0.1) is 0 Å². The maximum atomic E-state index is 6.04. The molecule has 100 valence electrons. The molecule has 0 bridgehead atoms. The fraction of sp³-hybridized carbons (Fsp3) is 0.294. The summed E-state index contributed by atoms with van der Waals surface area (Å²) >= 11 is 0. The van der Waals surface area contributed by atoms with E-state index in [1.807, 2.05) is 18.2 Å². The highest BCUT2D eigenvalue weighted by molar-refractivity contribution is 5.93. The molecule has 0 amide bonds. The highest BCUT2D eigenvalue weighted by Gasteiger charge is 2.39. The van der Waals surface area contributed by atoms with Gasteiger partial charge in [-0.05, 0) is 29.7 Å². The Bertz CT molecular complexity index is 693. The minimum atomic E-state index is 0.147. The monoisotopic (exact) mass is 264 g/mol. The molecule has 0 spiro atoms. The minimum absolute atomic E-state index is 0.147. The number of aryl methyl sites for hydroxylation is 1. The van der Waals surface area contributed by atoms with Gasteiger partial charge >= 0.3 is 0 Å². The highest BCUT2D eigenvalue weighted by Crippen LogP contribution is 2.40. The average molecular weight is 264 g/mol. The third-order valence-corrected chi connectivity index (χ3v) is 4.05. The molecule has 1 aromatic heterocycles. The Kier molecular flexibility index (Phi) is 2.59. The molecule has 0 saturated carbocycles. The summed E-state index contributed by atoms with van der Waals surface area (Å²) in [5, 5.41) is 0. The van der Waals surface area contributed by atoms with Gasteiger partial charge in [-0.1, -0.05) is 37.3 Å². The molecule has 0 N–H and O–H groups in total. The van der Waals surface area contributed by atoms with Crippen LogP contribution in [-0.2, 0) is 17.6 Å². The number of aliphatic imine (C=N–C) groups is 1. The summed E-state index contributed by atoms with van der Waals surface area (Å²) in [4.78, 5) is 9.37. The van der Waals surface area contributed by atoms with Gasteiger partial charge in [-0.2, -0.15) is 0 Å². The maximum Gasteiger partial charge on any atom is 0.236 e. The molecule has 3 heteroatoms. The van der Waals surface area contributed by atoms with Crippen molar-refractivity contribution in [1.29, 1.82) is 0 Å². The lowest BCUT2D eigenvalue weighted by molar-refractivity contribution is 0.206. The fourth-order valence-corrected chi connectivity index (χ4v) is 3.02. The SMILES string of the molecule is CCc1cccc(C2=N[C@@H]3c4ccccc4C[C@@H]3O2)n1. The van der Waals surface area contributed by atoms with Crippen LogP contribution in [0.2, 0.25) is 0 Å². The second-order valence-corrected chi connectivity index (χ2v) is 5.31. The van der Waals surface area contributed by atoms with Crippen LogP contribution in [0.3, 0.4) is 0 Å². The van der Waals surface area contributed by atoms with Crippen molar-refractivity contribution in [3.8, 4) is 0 Å². The van der Waals surface area contributed by atoms with Crippen molar-refractivity contribution in [3.05, 3.63) is 65.0 Å². The number of nitrogens with zero attached hydrogens (tertiary/aromatic N) is 2. The zero-order valence-corrected chi connectivity index (χ0v) is 11.4. The number of hydrogen-bond acceptors (Lipinski definition) is 3. The predicted octanol–water partition coefficient (Wildman–Crippen LogP) is 3.09. The van der Waals surface area contributed by atoms with E-state index in [4.69, 9.17) is 9.73 Å². The van der Waals surface area contributed by atoms with Crippen LogP contribution >= 0.6 is 0 Å². The van der Waals surface area contributed by atoms with E-state index in [-0.39, 0.29) is 12.1 Å². The smallest absolute Gasteiger partial charge is 0.236 e. The number of fused-ring (bicyclic) bond motifs is 3. The van der Waals surface area contributed by atoms with E-state index in [0.717, 1.165) is 24.2 Å². The van der Waals surface area contributed by atoms with Crippen LogP contribution in [0.15, 0.2) is 47.5 Å². The van der Waals surface area contributed by atoms with Crippen molar-refractivity contribution in [3.63, 3.8) is 0 Å². The van der Waals surface area contributed by atoms with E-state index in [1.54, 1.807) is 0 Å². The number of ether oxygens (including phenoxy) is 1. The molecule has 1 aliphatic heterocycles. The summed E-state index contributed by atoms with van der Waals surface area (Å²) in [5.74, 6) is 0.699. The Balaban J connectivity index is 1.70. The summed E-state index contributed by atoms with van der Waals surface area (Å²) in [6, 6.07) is 14.7. The topological polar surface area (TPSA) is 34.5 Å². The number of benzene rings is 1. The zero-order chi connectivity index (χ0) is 13.5. The van der Waals surface area contributed by atoms with Gasteiger partial charge in [0.25, 0.3) is 0 Å². The van der Waals surface area contributed by atoms with Gasteiger partial charge in [0.05, 0.1) is 0 Å². The Hall–Kier alpha value is -2.16. The van der Waals surface area contributed by atoms with E-state index in [1.165, 1.54) is 11.1 Å². The number of hydrogen-bond donors (Lipinski definition) is 0. The van der Waals surface area contributed by atoms with Crippen LogP contribution in [0.25, 0.3) is 0 Å². The molecule has 0 saturated heterocycles. The molecule has 1 aromatic carbocycles. The van der Waals surface area contributed by atoms with Gasteiger partial charge in [0.1, 0.15) is 17.8 Å². The lowest BCUT2D eigenvalue weighted by Crippen LogP contribution is -2.14. The molecule has 2 atom stereocenters. The molecular formula is C17H16N2O. The Morgan fingerprint density at radius 3 is 2.95 bits per heavy atom. The molecule has 0 unspecified atom stereocenters. The summed E-state index contributed by atoms with van der Waals surface area (Å²) in [6.45, 7) is 2.11. The van der Waals surface area contributed by atoms with Crippen molar-refractivity contribution < 1.29 is 4.74 Å². The largest absolute Gasteiger partial charge is 0.470 e. The number of aromatic nitrogens is 1. The molecule has 0 radical (unpaired) electrons. The third-order valence-electron chi connectivity index (χ3n) is 4.05. The first-order chi connectivity index (χ1) is 9.85. The molecule has 0 fully saturated rings. The van der Waals surface area contributed by atoms with Crippen LogP contribution in [0.1, 0.15) is 35.5 Å². The third kappa shape index (κ3) is 1.73. The molecule has 1 aliphatic carbocycles. The van der Waals surface area contributed by atoms with Crippen LogP contribution in [0, 0.1) is 0 Å². The van der Waals surface area contributed by atoms with Gasteiger partial charge < -0.3 is 4.74 Å². The molecule has 4 rings (SSSR count). The van der Waals surface area contributed by atoms with Gasteiger partial charge in [-0.3, -0.25) is 0 Å². The Morgan fingerprint density at radius 1 is 1.15 bits per heavy atom. The van der Waals surface area contributed by atoms with Gasteiger partial charge in [0.15, 0.2) is 0 Å². The maximum absolute atomic E-state index is 6.04. The Labute approximate surface area is 118 Å². The zero-order valence-electron chi connectivity index (χ0n) is 11.4. The standard InChI is InChI=1S/C17H16N2O/c1-2-12-7-5-9-14(18-12)17-19-16-13-8-4-3-6-11(13)10-15(16)20-17/h3-9,15-16H,2,10H2,1H3/t15-,16+/m0/s1. The first kappa shape index (κ1) is 11.6. The van der Waals surface area contributed by atoms with Crippen molar-refractivity contribution in [2.45, 2.75) is 31.9 Å². The molecule has 2 heterocycles. The molecule has 3 nitrogen and oxygen atoms in total. The van der Waals surface area contributed by atoms with Crippen molar-refractivity contribution in [2.75, 3.05) is 0 Å². The lowest BCUT2D eigenvalue weighted by atomic mass is 10.1. The normalized spacial score (nSPS) is 22.9. The second-order valence-electron chi connectivity index (χ2n) is 5.31. The fourth-order valence-electron chi connectivity index (χ4n) is 3.02. The first-order valence-electron chi connectivity index (χ1n) is 7.13. The Morgan fingerprint density at radius 2 is 2.05 bits per heavy atom. The van der Waals surface area contributed by atoms with Crippen molar-refractivity contribution in [1.82, 2.24) is 4.98 Å². The predicted molar refractivity (Wildman–Crippen MR) is 77.9 cm³/mol. The quantitative estimate of drug-likeness (QED) is 0.835. The second kappa shape index (κ2) is 4.44. The minimum Gasteiger partial charge on any atom is -0.470 e. The van der Waals surface area contributed by atoms with E-state index in [2.05, 4.69) is 36.2 Å². The van der Waals surface area contributed by atoms with E-state index in [0.29, 0.717) is 5.90 Å². The summed E-state index contributed by atoms with van der Waals surface area (Å²) in [5.41, 5.74) is 4.60. The molecule has 2 aliphatic rings. The van der Waals surface area contributed by atoms with Crippen LogP contribution < -0.4 is 0 Å². The van der Waals surface area contributed by atoms with Crippen LogP contribution in [0.4, 0.5) is 0 Å². The van der Waals surface area contributed by atoms with Gasteiger partial charge in [-0.25, -0.2) is 9.98 Å². The molecular weight excluding hydrogens is 248 g/mol. The van der Waals surface area contributed by atoms with Gasteiger partial charge in [0.2, 0.25) is 5.90 Å². The summed E-state index contributed by atoms with van der Waals surface area (Å²) < 4.78 is 6.04. The number of rotatable bonds is 2. The van der Waals surface area contributed by atoms with E-state index < -0.39 is 0 Å². The number of pyridine rings is 1. The van der Waals surface area contributed by atoms with Crippen LogP contribution in [0.5, 0.6) is 0 Å². The van der Waals surface area contributed by atoms with Crippen LogP contribution in [-0.4, -0.2) is 17.0 Å². The van der Waals surface area contributed by atoms with E-state index in [9.17, 15) is 0 Å².